The van der Waals surface area contributed by atoms with Crippen molar-refractivity contribution in [2.75, 3.05) is 0 Å². The molecule has 1 aliphatic carbocycles. The topological polar surface area (TPSA) is 35.1 Å². The minimum atomic E-state index is -0.294. The number of rotatable bonds is 2. The minimum Gasteiger partial charge on any atom is -0.307 e. The highest BCUT2D eigenvalue weighted by molar-refractivity contribution is 6.32. The molecule has 4 heteroatoms. The Hall–Kier alpha value is -7.04. The number of fused-ring (bicyclic) bond motifs is 16. The van der Waals surface area contributed by atoms with Gasteiger partial charge in [0.25, 0.3) is 0 Å². The van der Waals surface area contributed by atoms with Gasteiger partial charge in [0.1, 0.15) is 0 Å². The van der Waals surface area contributed by atoms with Crippen molar-refractivity contribution in [1.29, 1.82) is 0 Å². The molecule has 0 radical (unpaired) electrons. The lowest BCUT2D eigenvalue weighted by Gasteiger charge is -2.24. The molecular formula is C51H32N4. The van der Waals surface area contributed by atoms with Crippen molar-refractivity contribution in [3.8, 4) is 28.5 Å². The molecule has 55 heavy (non-hydrogen) atoms. The summed E-state index contributed by atoms with van der Waals surface area (Å²) in [5, 5.41) is 12.3. The maximum atomic E-state index is 5.75. The first kappa shape index (κ1) is 29.4. The van der Waals surface area contributed by atoms with Crippen LogP contribution in [0.1, 0.15) is 25.0 Å². The predicted molar refractivity (Wildman–Crippen MR) is 229 cm³/mol. The van der Waals surface area contributed by atoms with Crippen LogP contribution in [0.25, 0.3) is 110 Å². The average Bonchev–Trinajstić information content (AvgIpc) is 3.93. The molecule has 0 spiro atoms. The molecule has 0 atom stereocenters. The summed E-state index contributed by atoms with van der Waals surface area (Å²) < 4.78 is 4.88. The number of benzene rings is 8. The average molecular weight is 701 g/mol. The van der Waals surface area contributed by atoms with Crippen LogP contribution in [0.5, 0.6) is 0 Å². The molecular weight excluding hydrogens is 669 g/mol. The van der Waals surface area contributed by atoms with E-state index in [0.717, 1.165) is 28.0 Å². The van der Waals surface area contributed by atoms with Crippen LogP contribution in [0.4, 0.5) is 0 Å². The van der Waals surface area contributed by atoms with E-state index in [9.17, 15) is 0 Å². The smallest absolute Gasteiger partial charge is 0.235 e. The molecule has 4 nitrogen and oxygen atoms in total. The lowest BCUT2D eigenvalue weighted by Crippen LogP contribution is -2.18. The van der Waals surface area contributed by atoms with E-state index in [1.54, 1.807) is 0 Å². The second kappa shape index (κ2) is 10.1. The van der Waals surface area contributed by atoms with Crippen molar-refractivity contribution >= 4 is 81.4 Å². The molecule has 1 aliphatic rings. The first-order chi connectivity index (χ1) is 27.1. The summed E-state index contributed by atoms with van der Waals surface area (Å²) in [7, 11) is 0. The van der Waals surface area contributed by atoms with Crippen molar-refractivity contribution in [1.82, 2.24) is 18.9 Å². The van der Waals surface area contributed by atoms with Crippen molar-refractivity contribution in [2.24, 2.45) is 0 Å². The van der Waals surface area contributed by atoms with Crippen LogP contribution < -0.4 is 0 Å². The SMILES string of the molecule is CC1(C)c2ccccc2-c2nc(-n3c4ccccc4c4ccc5ccc6c7cccc8c9ccccc9n(c87)c6c5c43)nc(-c3cccc4ccccc34)c21. The quantitative estimate of drug-likeness (QED) is 0.180. The molecule has 4 aromatic heterocycles. The van der Waals surface area contributed by atoms with E-state index in [-0.39, 0.29) is 5.41 Å². The predicted octanol–water partition coefficient (Wildman–Crippen LogP) is 13.0. The van der Waals surface area contributed by atoms with Crippen LogP contribution in [-0.4, -0.2) is 18.9 Å². The highest BCUT2D eigenvalue weighted by Gasteiger charge is 2.40. The lowest BCUT2D eigenvalue weighted by molar-refractivity contribution is 0.657. The van der Waals surface area contributed by atoms with Gasteiger partial charge in [0.2, 0.25) is 5.95 Å². The molecule has 0 fully saturated rings. The van der Waals surface area contributed by atoms with Crippen LogP contribution in [0.15, 0.2) is 158 Å². The summed E-state index contributed by atoms with van der Waals surface area (Å²) in [5.74, 6) is 0.684. The summed E-state index contributed by atoms with van der Waals surface area (Å²) in [6.07, 6.45) is 0. The fourth-order valence-corrected chi connectivity index (χ4v) is 10.3. The molecule has 0 unspecified atom stereocenters. The fraction of sp³-hybridized carbons (Fsp3) is 0.0588. The first-order valence-electron chi connectivity index (χ1n) is 19.1. The fourth-order valence-electron chi connectivity index (χ4n) is 10.3. The second-order valence-corrected chi connectivity index (χ2v) is 15.7. The maximum absolute atomic E-state index is 5.75. The van der Waals surface area contributed by atoms with Gasteiger partial charge in [-0.15, -0.1) is 0 Å². The Balaban J connectivity index is 1.26. The Bertz CT molecular complexity index is 3630. The van der Waals surface area contributed by atoms with Gasteiger partial charge in [-0.1, -0.05) is 159 Å². The van der Waals surface area contributed by atoms with E-state index in [1.807, 2.05) is 0 Å². The molecule has 256 valence electrons. The number of hydrogen-bond acceptors (Lipinski definition) is 2. The molecule has 12 aromatic rings. The second-order valence-electron chi connectivity index (χ2n) is 15.7. The third-order valence-electron chi connectivity index (χ3n) is 12.6. The summed E-state index contributed by atoms with van der Waals surface area (Å²) in [6, 6.07) is 57.6. The third-order valence-corrected chi connectivity index (χ3v) is 12.6. The summed E-state index contributed by atoms with van der Waals surface area (Å²) in [4.78, 5) is 11.4. The van der Waals surface area contributed by atoms with Gasteiger partial charge < -0.3 is 4.40 Å². The number of para-hydroxylation sites is 3. The van der Waals surface area contributed by atoms with Gasteiger partial charge in [-0.2, -0.15) is 0 Å². The van der Waals surface area contributed by atoms with Gasteiger partial charge in [-0.3, -0.25) is 4.57 Å². The summed E-state index contributed by atoms with van der Waals surface area (Å²) in [5.41, 5.74) is 12.4. The van der Waals surface area contributed by atoms with E-state index in [2.05, 4.69) is 181 Å². The molecule has 0 aliphatic heterocycles. The zero-order chi connectivity index (χ0) is 36.2. The number of nitrogens with zero attached hydrogens (tertiary/aromatic N) is 4. The van der Waals surface area contributed by atoms with E-state index >= 15 is 0 Å². The molecule has 4 heterocycles. The van der Waals surface area contributed by atoms with Crippen LogP contribution in [0.2, 0.25) is 0 Å². The van der Waals surface area contributed by atoms with Crippen LogP contribution in [0.3, 0.4) is 0 Å². The molecule has 0 N–H and O–H groups in total. The standard InChI is InChI=1S/C51H32N4/c1-51(2)40-22-8-5-18-39(40)46-44(51)45(34-19-11-14-29-13-3-4-15-31(29)34)52-50(53-46)55-42-24-10-7-17-33(42)37-27-25-30-26-28-38-36-21-12-20-35-32-16-6-9-23-41(32)54(47(35)36)48(38)43(30)49(37)55/h3-28H,1-2H3. The minimum absolute atomic E-state index is 0.294. The van der Waals surface area contributed by atoms with Gasteiger partial charge in [0, 0.05) is 59.8 Å². The van der Waals surface area contributed by atoms with Crippen LogP contribution >= 0.6 is 0 Å². The van der Waals surface area contributed by atoms with Crippen LogP contribution in [-0.2, 0) is 5.41 Å². The van der Waals surface area contributed by atoms with E-state index in [1.165, 1.54) is 87.1 Å². The van der Waals surface area contributed by atoms with Crippen LogP contribution in [0, 0.1) is 0 Å². The number of hydrogen-bond donors (Lipinski definition) is 0. The monoisotopic (exact) mass is 700 g/mol. The Labute approximate surface area is 315 Å². The van der Waals surface area contributed by atoms with Gasteiger partial charge in [-0.05, 0) is 33.9 Å². The van der Waals surface area contributed by atoms with Crippen molar-refractivity contribution in [2.45, 2.75) is 19.3 Å². The zero-order valence-electron chi connectivity index (χ0n) is 30.3. The first-order valence-corrected chi connectivity index (χ1v) is 19.1. The highest BCUT2D eigenvalue weighted by atomic mass is 15.2. The Kier molecular flexibility index (Phi) is 5.42. The molecule has 8 aromatic carbocycles. The van der Waals surface area contributed by atoms with Gasteiger partial charge in [0.05, 0.1) is 39.0 Å². The molecule has 0 saturated carbocycles. The molecule has 0 saturated heterocycles. The normalized spacial score (nSPS) is 13.8. The van der Waals surface area contributed by atoms with Crippen molar-refractivity contribution in [3.05, 3.63) is 169 Å². The largest absolute Gasteiger partial charge is 0.307 e. The van der Waals surface area contributed by atoms with Gasteiger partial charge >= 0.3 is 0 Å². The summed E-state index contributed by atoms with van der Waals surface area (Å²) in [6.45, 7) is 4.65. The maximum Gasteiger partial charge on any atom is 0.235 e. The Morgan fingerprint density at radius 3 is 1.78 bits per heavy atom. The highest BCUT2D eigenvalue weighted by Crippen LogP contribution is 2.52. The van der Waals surface area contributed by atoms with E-state index in [0.29, 0.717) is 5.95 Å². The van der Waals surface area contributed by atoms with E-state index < -0.39 is 0 Å². The molecule has 0 bridgehead atoms. The van der Waals surface area contributed by atoms with Crippen molar-refractivity contribution < 1.29 is 0 Å². The Morgan fingerprint density at radius 2 is 0.964 bits per heavy atom. The lowest BCUT2D eigenvalue weighted by atomic mass is 9.80. The zero-order valence-corrected chi connectivity index (χ0v) is 30.3. The molecule has 0 amide bonds. The number of aromatic nitrogens is 4. The summed E-state index contributed by atoms with van der Waals surface area (Å²) >= 11 is 0. The van der Waals surface area contributed by atoms with Gasteiger partial charge in [0.15, 0.2) is 0 Å². The Morgan fingerprint density at radius 1 is 0.418 bits per heavy atom. The van der Waals surface area contributed by atoms with E-state index in [4.69, 9.17) is 9.97 Å². The third kappa shape index (κ3) is 3.57. The van der Waals surface area contributed by atoms with Gasteiger partial charge in [-0.25, -0.2) is 9.97 Å². The molecule has 13 rings (SSSR count). The van der Waals surface area contributed by atoms with Crippen molar-refractivity contribution in [3.63, 3.8) is 0 Å².